The van der Waals surface area contributed by atoms with Gasteiger partial charge in [0.2, 0.25) is 5.12 Å². The Labute approximate surface area is 252 Å². The number of unbranched alkanes of at least 4 members (excludes halogenated alkanes) is 2. The molecule has 4 rings (SSSR count). The molecule has 42 heavy (non-hydrogen) atoms. The van der Waals surface area contributed by atoms with E-state index in [0.717, 1.165) is 72.5 Å². The number of carbonyl (C=O) groups excluding carboxylic acids is 2. The summed E-state index contributed by atoms with van der Waals surface area (Å²) in [6, 6.07) is 22.9. The SMILES string of the molecule is C=CC(=O)OCCCCOc1ccc(C(=O)Sc2ccc(OC(=C3CCC3)c3ccc(OCCCC)cc3)cc2)cc1. The highest BCUT2D eigenvalue weighted by Gasteiger charge is 2.19. The van der Waals surface area contributed by atoms with E-state index < -0.39 is 5.97 Å². The number of thioether (sulfide) groups is 1. The van der Waals surface area contributed by atoms with E-state index in [-0.39, 0.29) is 5.12 Å². The second kappa shape index (κ2) is 16.5. The smallest absolute Gasteiger partial charge is 0.330 e. The Morgan fingerprint density at radius 2 is 1.33 bits per heavy atom. The fourth-order valence-corrected chi connectivity index (χ4v) is 4.87. The Morgan fingerprint density at radius 1 is 0.762 bits per heavy atom. The number of ether oxygens (including phenoxy) is 4. The van der Waals surface area contributed by atoms with Crippen molar-refractivity contribution in [3.8, 4) is 17.2 Å². The number of allylic oxidation sites excluding steroid dienone is 1. The van der Waals surface area contributed by atoms with Crippen LogP contribution in [-0.4, -0.2) is 30.9 Å². The van der Waals surface area contributed by atoms with E-state index in [9.17, 15) is 9.59 Å². The molecule has 0 unspecified atom stereocenters. The summed E-state index contributed by atoms with van der Waals surface area (Å²) in [6.07, 6.45) is 8.03. The molecule has 0 N–H and O–H groups in total. The van der Waals surface area contributed by atoms with Gasteiger partial charge in [-0.3, -0.25) is 4.79 Å². The fraction of sp³-hybridized carbons (Fsp3) is 0.314. The van der Waals surface area contributed by atoms with Crippen LogP contribution in [0.25, 0.3) is 5.76 Å². The average molecular weight is 587 g/mol. The van der Waals surface area contributed by atoms with E-state index in [1.807, 2.05) is 36.4 Å². The minimum absolute atomic E-state index is 0.0437. The van der Waals surface area contributed by atoms with Gasteiger partial charge in [0.25, 0.3) is 0 Å². The zero-order chi connectivity index (χ0) is 29.6. The molecule has 1 aliphatic carbocycles. The molecule has 7 heteroatoms. The molecule has 6 nitrogen and oxygen atoms in total. The van der Waals surface area contributed by atoms with E-state index >= 15 is 0 Å². The zero-order valence-electron chi connectivity index (χ0n) is 24.1. The van der Waals surface area contributed by atoms with Crippen LogP contribution in [0.1, 0.15) is 67.8 Å². The zero-order valence-corrected chi connectivity index (χ0v) is 25.0. The lowest BCUT2D eigenvalue weighted by Gasteiger charge is -2.22. The van der Waals surface area contributed by atoms with Gasteiger partial charge in [-0.05, 0) is 129 Å². The van der Waals surface area contributed by atoms with Crippen LogP contribution in [0.2, 0.25) is 0 Å². The van der Waals surface area contributed by atoms with Crippen LogP contribution in [0, 0.1) is 0 Å². The molecule has 0 amide bonds. The third kappa shape index (κ3) is 9.55. The molecule has 1 aliphatic rings. The Morgan fingerprint density at radius 3 is 1.90 bits per heavy atom. The maximum atomic E-state index is 12.9. The lowest BCUT2D eigenvalue weighted by Crippen LogP contribution is -2.07. The fourth-order valence-electron chi connectivity index (χ4n) is 4.13. The third-order valence-corrected chi connectivity index (χ3v) is 7.65. The second-order valence-corrected chi connectivity index (χ2v) is 11.0. The number of esters is 1. The Balaban J connectivity index is 1.27. The Hall–Kier alpha value is -3.97. The Kier molecular flexibility index (Phi) is 12.1. The minimum Gasteiger partial charge on any atom is -0.494 e. The third-order valence-electron chi connectivity index (χ3n) is 6.72. The highest BCUT2D eigenvalue weighted by atomic mass is 32.2. The van der Waals surface area contributed by atoms with E-state index in [1.165, 1.54) is 23.8 Å². The van der Waals surface area contributed by atoms with E-state index in [4.69, 9.17) is 18.9 Å². The summed E-state index contributed by atoms with van der Waals surface area (Å²) in [5, 5.41) is -0.0437. The number of hydrogen-bond acceptors (Lipinski definition) is 7. The lowest BCUT2D eigenvalue weighted by atomic mass is 9.89. The first-order valence-electron chi connectivity index (χ1n) is 14.5. The van der Waals surface area contributed by atoms with E-state index in [2.05, 4.69) is 25.6 Å². The van der Waals surface area contributed by atoms with Crippen molar-refractivity contribution in [2.45, 2.75) is 56.8 Å². The number of benzene rings is 3. The van der Waals surface area contributed by atoms with Gasteiger partial charge < -0.3 is 18.9 Å². The highest BCUT2D eigenvalue weighted by molar-refractivity contribution is 8.14. The standard InChI is InChI=1S/C35H38O6S/c1-3-5-23-38-29-15-11-27(12-16-29)34(26-9-8-10-26)41-31-19-21-32(22-20-31)42-35(37)28-13-17-30(18-14-28)39-24-6-7-25-40-33(36)4-2/h4,11-22H,2-3,5-10,23-25H2,1H3. The Bertz CT molecular complexity index is 1340. The number of carbonyl (C=O) groups is 2. The van der Waals surface area contributed by atoms with Crippen LogP contribution >= 0.6 is 11.8 Å². The molecule has 3 aromatic carbocycles. The molecule has 3 aromatic rings. The molecule has 0 aromatic heterocycles. The van der Waals surface area contributed by atoms with Crippen LogP contribution in [0.3, 0.4) is 0 Å². The molecule has 0 bridgehead atoms. The average Bonchev–Trinajstić information content (AvgIpc) is 2.99. The highest BCUT2D eigenvalue weighted by Crippen LogP contribution is 2.36. The molecule has 0 atom stereocenters. The van der Waals surface area contributed by atoms with Crippen LogP contribution in [0.5, 0.6) is 17.2 Å². The van der Waals surface area contributed by atoms with Gasteiger partial charge in [-0.25, -0.2) is 4.79 Å². The molecular formula is C35H38O6S. The molecule has 0 spiro atoms. The van der Waals surface area contributed by atoms with Crippen molar-refractivity contribution in [3.05, 3.63) is 102 Å². The molecule has 1 fully saturated rings. The maximum Gasteiger partial charge on any atom is 0.330 e. The first-order valence-corrected chi connectivity index (χ1v) is 15.3. The van der Waals surface area contributed by atoms with Crippen molar-refractivity contribution < 1.29 is 28.5 Å². The molecular weight excluding hydrogens is 548 g/mol. The van der Waals surface area contributed by atoms with Crippen molar-refractivity contribution in [3.63, 3.8) is 0 Å². The van der Waals surface area contributed by atoms with Gasteiger partial charge >= 0.3 is 5.97 Å². The molecule has 1 saturated carbocycles. The van der Waals surface area contributed by atoms with Crippen LogP contribution in [-0.2, 0) is 9.53 Å². The number of rotatable bonds is 16. The van der Waals surface area contributed by atoms with Crippen molar-refractivity contribution in [2.75, 3.05) is 19.8 Å². The molecule has 0 saturated heterocycles. The van der Waals surface area contributed by atoms with Crippen LogP contribution < -0.4 is 14.2 Å². The maximum absolute atomic E-state index is 12.9. The number of hydrogen-bond donors (Lipinski definition) is 0. The van der Waals surface area contributed by atoms with Gasteiger partial charge in [-0.1, -0.05) is 19.9 Å². The van der Waals surface area contributed by atoms with E-state index in [0.29, 0.717) is 30.9 Å². The second-order valence-electron chi connectivity index (χ2n) is 9.93. The van der Waals surface area contributed by atoms with Crippen molar-refractivity contribution in [1.82, 2.24) is 0 Å². The summed E-state index contributed by atoms with van der Waals surface area (Å²) in [5.74, 6) is 2.80. The minimum atomic E-state index is -0.417. The van der Waals surface area contributed by atoms with Crippen molar-refractivity contribution in [2.24, 2.45) is 0 Å². The monoisotopic (exact) mass is 586 g/mol. The topological polar surface area (TPSA) is 71.1 Å². The summed E-state index contributed by atoms with van der Waals surface area (Å²) in [6.45, 7) is 7.09. The molecule has 0 aliphatic heterocycles. The molecule has 220 valence electrons. The summed E-state index contributed by atoms with van der Waals surface area (Å²) in [5.41, 5.74) is 2.97. The summed E-state index contributed by atoms with van der Waals surface area (Å²) in [7, 11) is 0. The van der Waals surface area contributed by atoms with Gasteiger partial charge in [0.1, 0.15) is 23.0 Å². The quantitative estimate of drug-likeness (QED) is 0.0547. The predicted octanol–water partition coefficient (Wildman–Crippen LogP) is 8.66. The van der Waals surface area contributed by atoms with E-state index in [1.54, 1.807) is 24.3 Å². The lowest BCUT2D eigenvalue weighted by molar-refractivity contribution is -0.137. The van der Waals surface area contributed by atoms with Gasteiger partial charge in [0.05, 0.1) is 19.8 Å². The first-order chi connectivity index (χ1) is 20.6. The van der Waals surface area contributed by atoms with Crippen LogP contribution in [0.15, 0.2) is 95.9 Å². The van der Waals surface area contributed by atoms with Crippen LogP contribution in [0.4, 0.5) is 0 Å². The largest absolute Gasteiger partial charge is 0.494 e. The molecule has 0 radical (unpaired) electrons. The van der Waals surface area contributed by atoms with Crippen molar-refractivity contribution >= 4 is 28.6 Å². The van der Waals surface area contributed by atoms with Crippen molar-refractivity contribution in [1.29, 1.82) is 0 Å². The van der Waals surface area contributed by atoms with Gasteiger partial charge in [0, 0.05) is 22.1 Å². The predicted molar refractivity (Wildman–Crippen MR) is 167 cm³/mol. The van der Waals surface area contributed by atoms with Gasteiger partial charge in [0.15, 0.2) is 0 Å². The normalized spacial score (nSPS) is 12.2. The molecule has 0 heterocycles. The van der Waals surface area contributed by atoms with Gasteiger partial charge in [-0.2, -0.15) is 0 Å². The first kappa shape index (κ1) is 31.0. The van der Waals surface area contributed by atoms with Gasteiger partial charge in [-0.15, -0.1) is 0 Å². The summed E-state index contributed by atoms with van der Waals surface area (Å²) < 4.78 is 22.9. The summed E-state index contributed by atoms with van der Waals surface area (Å²) >= 11 is 1.18. The summed E-state index contributed by atoms with van der Waals surface area (Å²) in [4.78, 5) is 24.7.